The van der Waals surface area contributed by atoms with Gasteiger partial charge in [0.05, 0.1) is 16.9 Å². The van der Waals surface area contributed by atoms with Crippen LogP contribution >= 0.6 is 0 Å². The number of halogens is 3. The van der Waals surface area contributed by atoms with Crippen molar-refractivity contribution < 1.29 is 18.0 Å². The molecule has 0 atom stereocenters. The van der Waals surface area contributed by atoms with E-state index in [0.29, 0.717) is 18.7 Å². The van der Waals surface area contributed by atoms with Gasteiger partial charge in [-0.05, 0) is 57.0 Å². The fraction of sp³-hybridized carbons (Fsp3) is 0.464. The Morgan fingerprint density at radius 2 is 1.76 bits per heavy atom. The molecule has 6 nitrogen and oxygen atoms in total. The second-order valence-electron chi connectivity index (χ2n) is 11.2. The van der Waals surface area contributed by atoms with Crippen molar-refractivity contribution in [2.24, 2.45) is 10.3 Å². The van der Waals surface area contributed by atoms with E-state index < -0.39 is 17.5 Å². The van der Waals surface area contributed by atoms with Crippen LogP contribution in [-0.4, -0.2) is 57.1 Å². The van der Waals surface area contributed by atoms with E-state index in [1.807, 2.05) is 52.2 Å². The molecular formula is C28H32F3N5O. The number of aryl methyl sites for hydroxylation is 1. The Morgan fingerprint density at radius 3 is 2.43 bits per heavy atom. The predicted molar refractivity (Wildman–Crippen MR) is 137 cm³/mol. The van der Waals surface area contributed by atoms with Gasteiger partial charge in [0.1, 0.15) is 11.3 Å². The van der Waals surface area contributed by atoms with Gasteiger partial charge in [-0.3, -0.25) is 14.9 Å². The molecule has 196 valence electrons. The van der Waals surface area contributed by atoms with Crippen molar-refractivity contribution in [3.8, 4) is 0 Å². The molecular weight excluding hydrogens is 479 g/mol. The van der Waals surface area contributed by atoms with Gasteiger partial charge >= 0.3 is 0 Å². The molecule has 3 aliphatic heterocycles. The Bertz CT molecular complexity index is 1270. The highest BCUT2D eigenvalue weighted by atomic mass is 19.2. The molecule has 0 radical (unpaired) electrons. The van der Waals surface area contributed by atoms with Gasteiger partial charge in [-0.2, -0.15) is 5.10 Å². The monoisotopic (exact) mass is 511 g/mol. The third-order valence-corrected chi connectivity index (χ3v) is 7.20. The molecule has 0 bridgehead atoms. The quantitative estimate of drug-likeness (QED) is 0.505. The van der Waals surface area contributed by atoms with Crippen molar-refractivity contribution in [3.63, 3.8) is 0 Å². The molecule has 1 spiro atoms. The molecule has 1 fully saturated rings. The van der Waals surface area contributed by atoms with Gasteiger partial charge in [0.15, 0.2) is 17.5 Å². The van der Waals surface area contributed by atoms with Crippen LogP contribution in [0.3, 0.4) is 0 Å². The summed E-state index contributed by atoms with van der Waals surface area (Å²) in [7, 11) is 0. The summed E-state index contributed by atoms with van der Waals surface area (Å²) in [6.45, 7) is 10.3. The summed E-state index contributed by atoms with van der Waals surface area (Å²) in [5.74, 6) is -3.88. The number of nitrogens with zero attached hydrogens (tertiary/aromatic N) is 5. The maximum atomic E-state index is 14.6. The van der Waals surface area contributed by atoms with Crippen LogP contribution in [0.25, 0.3) is 0 Å². The number of hydrogen-bond acceptors (Lipinski definition) is 6. The number of pyridine rings is 1. The number of benzene rings is 1. The molecule has 9 heteroatoms. The van der Waals surface area contributed by atoms with Gasteiger partial charge < -0.3 is 4.84 Å². The predicted octanol–water partition coefficient (Wildman–Crippen LogP) is 5.56. The Hall–Kier alpha value is -3.20. The third-order valence-electron chi connectivity index (χ3n) is 7.20. The highest BCUT2D eigenvalue weighted by Gasteiger charge is 2.42. The number of rotatable bonds is 4. The zero-order valence-corrected chi connectivity index (χ0v) is 21.7. The topological polar surface area (TPSA) is 53.3 Å². The summed E-state index contributed by atoms with van der Waals surface area (Å²) >= 11 is 0. The lowest BCUT2D eigenvalue weighted by atomic mass is 9.86. The smallest absolute Gasteiger partial charge is 0.195 e. The molecule has 5 rings (SSSR count). The van der Waals surface area contributed by atoms with E-state index in [-0.39, 0.29) is 16.7 Å². The largest absolute Gasteiger partial charge is 0.388 e. The van der Waals surface area contributed by atoms with Crippen molar-refractivity contribution in [2.45, 2.75) is 64.5 Å². The van der Waals surface area contributed by atoms with Gasteiger partial charge in [0.25, 0.3) is 0 Å². The highest BCUT2D eigenvalue weighted by Crippen LogP contribution is 2.36. The normalized spacial score (nSPS) is 20.0. The molecule has 1 aromatic carbocycles. The van der Waals surface area contributed by atoms with Crippen LogP contribution in [0, 0.1) is 24.4 Å². The van der Waals surface area contributed by atoms with Crippen LogP contribution in [0.4, 0.5) is 13.2 Å². The van der Waals surface area contributed by atoms with E-state index in [4.69, 9.17) is 4.84 Å². The molecule has 2 aromatic rings. The zero-order valence-electron chi connectivity index (χ0n) is 21.7. The summed E-state index contributed by atoms with van der Waals surface area (Å²) in [5.41, 5.74) is 3.59. The van der Waals surface area contributed by atoms with Crippen molar-refractivity contribution >= 4 is 11.4 Å². The van der Waals surface area contributed by atoms with Gasteiger partial charge in [-0.1, -0.05) is 11.2 Å². The Labute approximate surface area is 215 Å². The zero-order chi connectivity index (χ0) is 26.4. The lowest BCUT2D eigenvalue weighted by Crippen LogP contribution is -2.45. The summed E-state index contributed by atoms with van der Waals surface area (Å²) in [5, 5.41) is 10.7. The molecule has 3 aliphatic rings. The van der Waals surface area contributed by atoms with Crippen LogP contribution in [-0.2, 0) is 4.84 Å². The first-order chi connectivity index (χ1) is 17.5. The van der Waals surface area contributed by atoms with E-state index in [1.165, 1.54) is 6.07 Å². The second kappa shape index (κ2) is 9.59. The van der Waals surface area contributed by atoms with E-state index in [2.05, 4.69) is 20.1 Å². The van der Waals surface area contributed by atoms with Gasteiger partial charge in [0.2, 0.25) is 0 Å². The van der Waals surface area contributed by atoms with E-state index >= 15 is 0 Å². The van der Waals surface area contributed by atoms with Crippen molar-refractivity contribution in [2.75, 3.05) is 19.6 Å². The molecule has 4 heterocycles. The Balaban J connectivity index is 1.26. The van der Waals surface area contributed by atoms with E-state index in [1.54, 1.807) is 5.01 Å². The minimum atomic E-state index is -1.47. The van der Waals surface area contributed by atoms with Crippen LogP contribution in [0.2, 0.25) is 0 Å². The lowest BCUT2D eigenvalue weighted by molar-refractivity contribution is -0.0602. The van der Waals surface area contributed by atoms with Gasteiger partial charge in [-0.25, -0.2) is 13.2 Å². The van der Waals surface area contributed by atoms with Crippen molar-refractivity contribution in [1.82, 2.24) is 14.9 Å². The first-order valence-corrected chi connectivity index (χ1v) is 12.6. The van der Waals surface area contributed by atoms with E-state index in [0.717, 1.165) is 61.0 Å². The second-order valence-corrected chi connectivity index (χ2v) is 11.2. The standard InChI is InChI=1S/C28H32F3N5O/c1-18-5-8-22(32-15-18)24-14-28(37-34-24)9-11-35(12-10-28)16-19-13-23(33-36(17-19)27(2,3)4)20-6-7-21(29)26(31)25(20)30/h5-8,15,17H,9-14,16H2,1-4H3. The maximum Gasteiger partial charge on any atom is 0.195 e. The summed E-state index contributed by atoms with van der Waals surface area (Å²) in [6, 6.07) is 6.22. The van der Waals surface area contributed by atoms with Crippen LogP contribution in [0.5, 0.6) is 0 Å². The summed E-state index contributed by atoms with van der Waals surface area (Å²) in [6.07, 6.45) is 6.60. The van der Waals surface area contributed by atoms with Crippen LogP contribution in [0.15, 0.2) is 52.5 Å². The molecule has 0 unspecified atom stereocenters. The van der Waals surface area contributed by atoms with Crippen LogP contribution < -0.4 is 0 Å². The number of oxime groups is 1. The molecule has 0 aliphatic carbocycles. The minimum absolute atomic E-state index is 0.00917. The van der Waals surface area contributed by atoms with Gasteiger partial charge in [0, 0.05) is 63.3 Å². The number of hydrogen-bond donors (Lipinski definition) is 0. The number of likely N-dealkylation sites (tertiary alicyclic amines) is 1. The Kier molecular flexibility index (Phi) is 6.60. The van der Waals surface area contributed by atoms with Gasteiger partial charge in [-0.15, -0.1) is 0 Å². The first-order valence-electron chi connectivity index (χ1n) is 12.6. The average molecular weight is 512 g/mol. The SMILES string of the molecule is Cc1ccc(C2=NOC3(CCN(CC4=CN(C(C)(C)C)N=C(c5ccc(F)c(F)c5F)C4)CC3)C2)nc1. The first kappa shape index (κ1) is 25.4. The maximum absolute atomic E-state index is 14.6. The molecule has 37 heavy (non-hydrogen) atoms. The molecule has 0 amide bonds. The molecule has 1 aromatic heterocycles. The van der Waals surface area contributed by atoms with Crippen LogP contribution in [0.1, 0.15) is 63.3 Å². The fourth-order valence-electron chi connectivity index (χ4n) is 4.94. The third kappa shape index (κ3) is 5.28. The van der Waals surface area contributed by atoms with Crippen molar-refractivity contribution in [3.05, 3.63) is 76.5 Å². The fourth-order valence-corrected chi connectivity index (χ4v) is 4.94. The molecule has 0 saturated carbocycles. The molecule has 0 N–H and O–H groups in total. The van der Waals surface area contributed by atoms with E-state index in [9.17, 15) is 13.2 Å². The summed E-state index contributed by atoms with van der Waals surface area (Å²) < 4.78 is 42.1. The number of hydrazone groups is 1. The lowest BCUT2D eigenvalue weighted by Gasteiger charge is -2.39. The Morgan fingerprint density at radius 1 is 1.00 bits per heavy atom. The highest BCUT2D eigenvalue weighted by molar-refractivity contribution is 6.02. The number of piperidine rings is 1. The minimum Gasteiger partial charge on any atom is -0.388 e. The van der Waals surface area contributed by atoms with Crippen molar-refractivity contribution in [1.29, 1.82) is 0 Å². The summed E-state index contributed by atoms with van der Waals surface area (Å²) in [4.78, 5) is 12.8. The average Bonchev–Trinajstić information content (AvgIpc) is 3.27. The number of aromatic nitrogens is 1. The molecule has 1 saturated heterocycles.